The Bertz CT molecular complexity index is 826. The molecular weight excluding hydrogens is 310 g/mol. The summed E-state index contributed by atoms with van der Waals surface area (Å²) >= 11 is 0. The zero-order valence-corrected chi connectivity index (χ0v) is 13.4. The molecule has 1 N–H and O–H groups in total. The third kappa shape index (κ3) is 2.40. The van der Waals surface area contributed by atoms with E-state index in [0.717, 1.165) is 37.6 Å². The van der Waals surface area contributed by atoms with Gasteiger partial charge in [-0.2, -0.15) is 0 Å². The molecule has 0 radical (unpaired) electrons. The first kappa shape index (κ1) is 15.0. The van der Waals surface area contributed by atoms with Crippen LogP contribution in [-0.4, -0.2) is 37.5 Å². The molecular formula is C17H19N3O4. The molecule has 4 rings (SSSR count). The Labute approximate surface area is 138 Å². The smallest absolute Gasteiger partial charge is 0.340 e. The van der Waals surface area contributed by atoms with Gasteiger partial charge in [-0.3, -0.25) is 4.79 Å². The summed E-state index contributed by atoms with van der Waals surface area (Å²) in [5, 5.41) is 9.54. The van der Waals surface area contributed by atoms with Gasteiger partial charge in [-0.25, -0.2) is 9.78 Å². The number of aromatic hydroxyl groups is 1. The standard InChI is InChI=1S/C17H19N3O4/c1-19-5-4-18-16(19)10-6-11-2-3-12(7-10)20(11)17(23)14-8-13(21)9-15(22)24-14/h4-5,8-12,21H,2-3,6-7H2,1H3/t10?,11-,12+. The van der Waals surface area contributed by atoms with Gasteiger partial charge < -0.3 is 19.0 Å². The van der Waals surface area contributed by atoms with Crippen molar-refractivity contribution < 1.29 is 14.3 Å². The quantitative estimate of drug-likeness (QED) is 0.904. The lowest BCUT2D eigenvalue weighted by atomic mass is 9.89. The molecule has 1 amide bonds. The first-order valence-corrected chi connectivity index (χ1v) is 8.17. The molecule has 1 unspecified atom stereocenters. The number of hydrogen-bond acceptors (Lipinski definition) is 5. The summed E-state index contributed by atoms with van der Waals surface area (Å²) in [6, 6.07) is 2.41. The van der Waals surface area contributed by atoms with E-state index in [2.05, 4.69) is 4.98 Å². The number of nitrogens with zero attached hydrogens (tertiary/aromatic N) is 3. The maximum atomic E-state index is 12.8. The van der Waals surface area contributed by atoms with Gasteiger partial charge in [0.25, 0.3) is 5.91 Å². The van der Waals surface area contributed by atoms with Crippen LogP contribution in [0.2, 0.25) is 0 Å². The number of fused-ring (bicyclic) bond motifs is 2. The van der Waals surface area contributed by atoms with E-state index in [1.54, 1.807) is 6.20 Å². The van der Waals surface area contributed by atoms with E-state index >= 15 is 0 Å². The van der Waals surface area contributed by atoms with E-state index in [1.165, 1.54) is 6.07 Å². The molecule has 2 fully saturated rings. The summed E-state index contributed by atoms with van der Waals surface area (Å²) < 4.78 is 7.03. The van der Waals surface area contributed by atoms with E-state index in [0.29, 0.717) is 5.92 Å². The van der Waals surface area contributed by atoms with E-state index in [4.69, 9.17) is 4.42 Å². The maximum Gasteiger partial charge on any atom is 0.340 e. The zero-order chi connectivity index (χ0) is 16.8. The fourth-order valence-electron chi connectivity index (χ4n) is 4.19. The van der Waals surface area contributed by atoms with Gasteiger partial charge in [0.2, 0.25) is 0 Å². The van der Waals surface area contributed by atoms with Crippen molar-refractivity contribution in [3.05, 3.63) is 46.5 Å². The SMILES string of the molecule is Cn1ccnc1C1C[C@H]2CC[C@@H](C1)N2C(=O)c1cc(O)cc(=O)o1. The number of amides is 1. The van der Waals surface area contributed by atoms with Crippen LogP contribution in [0.15, 0.2) is 33.7 Å². The Morgan fingerprint density at radius 1 is 1.29 bits per heavy atom. The molecule has 2 aromatic rings. The lowest BCUT2D eigenvalue weighted by molar-refractivity contribution is 0.0528. The van der Waals surface area contributed by atoms with Crippen molar-refractivity contribution >= 4 is 5.91 Å². The minimum Gasteiger partial charge on any atom is -0.508 e. The third-order valence-corrected chi connectivity index (χ3v) is 5.16. The van der Waals surface area contributed by atoms with Crippen molar-refractivity contribution in [1.82, 2.24) is 14.5 Å². The summed E-state index contributed by atoms with van der Waals surface area (Å²) in [5.74, 6) is 0.747. The molecule has 2 aliphatic heterocycles. The number of carbonyl (C=O) groups is 1. The molecule has 2 aliphatic rings. The van der Waals surface area contributed by atoms with Crippen LogP contribution in [0.3, 0.4) is 0 Å². The first-order chi connectivity index (χ1) is 11.5. The van der Waals surface area contributed by atoms with Crippen molar-refractivity contribution in [1.29, 1.82) is 0 Å². The van der Waals surface area contributed by atoms with Gasteiger partial charge in [-0.15, -0.1) is 0 Å². The van der Waals surface area contributed by atoms with Crippen LogP contribution < -0.4 is 5.63 Å². The van der Waals surface area contributed by atoms with Crippen LogP contribution in [0.5, 0.6) is 5.75 Å². The zero-order valence-electron chi connectivity index (χ0n) is 13.4. The molecule has 126 valence electrons. The fourth-order valence-corrected chi connectivity index (χ4v) is 4.19. The van der Waals surface area contributed by atoms with Gasteiger partial charge >= 0.3 is 5.63 Å². The highest BCUT2D eigenvalue weighted by molar-refractivity contribution is 5.92. The second-order valence-electron chi connectivity index (χ2n) is 6.66. The molecule has 2 bridgehead atoms. The Hall–Kier alpha value is -2.57. The molecule has 0 aromatic carbocycles. The van der Waals surface area contributed by atoms with Crippen LogP contribution in [-0.2, 0) is 7.05 Å². The van der Waals surface area contributed by atoms with E-state index in [-0.39, 0.29) is 29.5 Å². The number of aromatic nitrogens is 2. The highest BCUT2D eigenvalue weighted by Crippen LogP contribution is 2.43. The van der Waals surface area contributed by atoms with E-state index in [9.17, 15) is 14.7 Å². The van der Waals surface area contributed by atoms with Gasteiger partial charge in [0.05, 0.1) is 6.07 Å². The summed E-state index contributed by atoms with van der Waals surface area (Å²) in [6.07, 6.45) is 7.35. The molecule has 24 heavy (non-hydrogen) atoms. The number of piperidine rings is 1. The Morgan fingerprint density at radius 2 is 2.00 bits per heavy atom. The second-order valence-corrected chi connectivity index (χ2v) is 6.66. The van der Waals surface area contributed by atoms with E-state index in [1.807, 2.05) is 22.7 Å². The number of rotatable bonds is 2. The molecule has 0 spiro atoms. The first-order valence-electron chi connectivity index (χ1n) is 8.17. The predicted molar refractivity (Wildman–Crippen MR) is 84.8 cm³/mol. The summed E-state index contributed by atoms with van der Waals surface area (Å²) in [7, 11) is 1.99. The van der Waals surface area contributed by atoms with Crippen molar-refractivity contribution in [2.24, 2.45) is 7.05 Å². The molecule has 2 aromatic heterocycles. The average Bonchev–Trinajstić information content (AvgIpc) is 3.06. The van der Waals surface area contributed by atoms with Crippen LogP contribution in [0.4, 0.5) is 0 Å². The van der Waals surface area contributed by atoms with E-state index < -0.39 is 5.63 Å². The van der Waals surface area contributed by atoms with Crippen molar-refractivity contribution in [2.75, 3.05) is 0 Å². The Morgan fingerprint density at radius 3 is 2.58 bits per heavy atom. The predicted octanol–water partition coefficient (Wildman–Crippen LogP) is 1.63. The van der Waals surface area contributed by atoms with Crippen molar-refractivity contribution in [3.63, 3.8) is 0 Å². The molecule has 0 aliphatic carbocycles. The van der Waals surface area contributed by atoms with Gasteiger partial charge in [-0.05, 0) is 25.7 Å². The molecule has 3 atom stereocenters. The second kappa shape index (κ2) is 5.51. The van der Waals surface area contributed by atoms with Crippen molar-refractivity contribution in [3.8, 4) is 5.75 Å². The Kier molecular flexibility index (Phi) is 3.44. The summed E-state index contributed by atoms with van der Waals surface area (Å²) in [5.41, 5.74) is -0.714. The average molecular weight is 329 g/mol. The number of carbonyl (C=O) groups excluding carboxylic acids is 1. The molecule has 7 heteroatoms. The van der Waals surface area contributed by atoms with Crippen molar-refractivity contribution in [2.45, 2.75) is 43.7 Å². The topological polar surface area (TPSA) is 88.6 Å². The van der Waals surface area contributed by atoms with Crippen LogP contribution >= 0.6 is 0 Å². The molecule has 0 saturated carbocycles. The summed E-state index contributed by atoms with van der Waals surface area (Å²) in [6.45, 7) is 0. The van der Waals surface area contributed by atoms with Crippen LogP contribution in [0.25, 0.3) is 0 Å². The maximum absolute atomic E-state index is 12.8. The van der Waals surface area contributed by atoms with Gasteiger partial charge in [0, 0.05) is 43.5 Å². The highest BCUT2D eigenvalue weighted by atomic mass is 16.4. The third-order valence-electron chi connectivity index (χ3n) is 5.16. The minimum atomic E-state index is -0.714. The highest BCUT2D eigenvalue weighted by Gasteiger charge is 2.45. The number of hydrogen-bond donors (Lipinski definition) is 1. The molecule has 7 nitrogen and oxygen atoms in total. The molecule has 4 heterocycles. The lowest BCUT2D eigenvalue weighted by Gasteiger charge is -2.38. The largest absolute Gasteiger partial charge is 0.508 e. The minimum absolute atomic E-state index is 0.0904. The lowest BCUT2D eigenvalue weighted by Crippen LogP contribution is -2.46. The van der Waals surface area contributed by atoms with Gasteiger partial charge in [-0.1, -0.05) is 0 Å². The Balaban J connectivity index is 1.59. The monoisotopic (exact) mass is 329 g/mol. The van der Waals surface area contributed by atoms with Gasteiger partial charge in [0.1, 0.15) is 11.6 Å². The number of aryl methyl sites for hydroxylation is 1. The molecule has 2 saturated heterocycles. The normalized spacial score (nSPS) is 25.9. The summed E-state index contributed by atoms with van der Waals surface area (Å²) in [4.78, 5) is 30.5. The number of imidazole rings is 1. The van der Waals surface area contributed by atoms with Crippen LogP contribution in [0, 0.1) is 0 Å². The van der Waals surface area contributed by atoms with Gasteiger partial charge in [0.15, 0.2) is 5.76 Å². The fraction of sp³-hybridized carbons (Fsp3) is 0.471. The van der Waals surface area contributed by atoms with Crippen LogP contribution in [0.1, 0.15) is 48.0 Å².